The van der Waals surface area contributed by atoms with Gasteiger partial charge in [0.1, 0.15) is 6.04 Å². The summed E-state index contributed by atoms with van der Waals surface area (Å²) < 4.78 is 0. The highest BCUT2D eigenvalue weighted by atomic mass is 32.1. The molecule has 122 valence electrons. The molecule has 5 heteroatoms. The molecular formula is C18H22N2O2S. The van der Waals surface area contributed by atoms with Crippen molar-refractivity contribution in [3.8, 4) is 0 Å². The van der Waals surface area contributed by atoms with Gasteiger partial charge >= 0.3 is 0 Å². The summed E-state index contributed by atoms with van der Waals surface area (Å²) in [5, 5.41) is 7.72. The Morgan fingerprint density at radius 3 is 2.57 bits per heavy atom. The topological polar surface area (TPSA) is 58.2 Å². The number of hydrogen-bond acceptors (Lipinski definition) is 3. The monoisotopic (exact) mass is 330 g/mol. The summed E-state index contributed by atoms with van der Waals surface area (Å²) in [7, 11) is 0. The highest BCUT2D eigenvalue weighted by molar-refractivity contribution is 7.09. The number of benzene rings is 1. The van der Waals surface area contributed by atoms with Crippen molar-refractivity contribution in [2.24, 2.45) is 0 Å². The number of carbonyl (C=O) groups is 2. The van der Waals surface area contributed by atoms with Crippen LogP contribution in [0.1, 0.15) is 30.2 Å². The molecule has 0 bridgehead atoms. The second kappa shape index (κ2) is 9.10. The maximum absolute atomic E-state index is 12.3. The molecule has 2 rings (SSSR count). The van der Waals surface area contributed by atoms with Gasteiger partial charge in [-0.1, -0.05) is 49.7 Å². The van der Waals surface area contributed by atoms with Crippen LogP contribution in [0.3, 0.4) is 0 Å². The Kier molecular flexibility index (Phi) is 6.81. The highest BCUT2D eigenvalue weighted by Crippen LogP contribution is 2.08. The zero-order valence-electron chi connectivity index (χ0n) is 13.2. The molecule has 0 unspecified atom stereocenters. The SMILES string of the molecule is CCC[C@H](NC(=O)Cc1ccccc1)C(=O)NCc1cccs1. The van der Waals surface area contributed by atoms with Crippen LogP contribution in [0.4, 0.5) is 0 Å². The van der Waals surface area contributed by atoms with Gasteiger partial charge in [-0.05, 0) is 23.4 Å². The maximum Gasteiger partial charge on any atom is 0.242 e. The molecular weight excluding hydrogens is 308 g/mol. The van der Waals surface area contributed by atoms with Crippen molar-refractivity contribution < 1.29 is 9.59 Å². The lowest BCUT2D eigenvalue weighted by Gasteiger charge is -2.17. The lowest BCUT2D eigenvalue weighted by molar-refractivity contribution is -0.129. The number of hydrogen-bond donors (Lipinski definition) is 2. The summed E-state index contributed by atoms with van der Waals surface area (Å²) in [5.74, 6) is -0.248. The summed E-state index contributed by atoms with van der Waals surface area (Å²) in [4.78, 5) is 25.5. The minimum Gasteiger partial charge on any atom is -0.349 e. The van der Waals surface area contributed by atoms with Crippen LogP contribution in [0.25, 0.3) is 0 Å². The summed E-state index contributed by atoms with van der Waals surface area (Å²) in [6, 6.07) is 13.0. The second-order valence-corrected chi connectivity index (χ2v) is 6.40. The van der Waals surface area contributed by atoms with Crippen LogP contribution in [0.15, 0.2) is 47.8 Å². The number of rotatable bonds is 8. The van der Waals surface area contributed by atoms with Crippen LogP contribution in [-0.4, -0.2) is 17.9 Å². The van der Waals surface area contributed by atoms with Gasteiger partial charge in [-0.3, -0.25) is 9.59 Å². The van der Waals surface area contributed by atoms with Gasteiger partial charge in [-0.15, -0.1) is 11.3 Å². The summed E-state index contributed by atoms with van der Waals surface area (Å²) in [5.41, 5.74) is 0.944. The molecule has 1 heterocycles. The number of amides is 2. The fraction of sp³-hybridized carbons (Fsp3) is 0.333. The van der Waals surface area contributed by atoms with E-state index in [0.29, 0.717) is 19.4 Å². The molecule has 0 fully saturated rings. The van der Waals surface area contributed by atoms with E-state index in [9.17, 15) is 9.59 Å². The van der Waals surface area contributed by atoms with E-state index in [-0.39, 0.29) is 11.8 Å². The van der Waals surface area contributed by atoms with E-state index in [1.807, 2.05) is 54.8 Å². The first-order chi connectivity index (χ1) is 11.2. The first kappa shape index (κ1) is 17.2. The standard InChI is InChI=1S/C18H22N2O2S/c1-2-7-16(18(22)19-13-15-10-6-11-23-15)20-17(21)12-14-8-4-3-5-9-14/h3-6,8-11,16H,2,7,12-13H2,1H3,(H,19,22)(H,20,21)/t16-/m0/s1. The van der Waals surface area contributed by atoms with Crippen molar-refractivity contribution >= 4 is 23.2 Å². The molecule has 0 saturated carbocycles. The van der Waals surface area contributed by atoms with Gasteiger partial charge in [-0.25, -0.2) is 0 Å². The predicted molar refractivity (Wildman–Crippen MR) is 93.2 cm³/mol. The normalized spacial score (nSPS) is 11.7. The average molecular weight is 330 g/mol. The van der Waals surface area contributed by atoms with Crippen LogP contribution in [-0.2, 0) is 22.6 Å². The van der Waals surface area contributed by atoms with Crippen molar-refractivity contribution in [3.05, 3.63) is 58.3 Å². The summed E-state index contributed by atoms with van der Waals surface area (Å²) >= 11 is 1.60. The molecule has 0 aliphatic carbocycles. The van der Waals surface area contributed by atoms with E-state index in [4.69, 9.17) is 0 Å². The third kappa shape index (κ3) is 5.87. The molecule has 0 aliphatic rings. The van der Waals surface area contributed by atoms with E-state index >= 15 is 0 Å². The third-order valence-corrected chi connectivity index (χ3v) is 4.33. The number of carbonyl (C=O) groups excluding carboxylic acids is 2. The van der Waals surface area contributed by atoms with Crippen molar-refractivity contribution in [1.29, 1.82) is 0 Å². The average Bonchev–Trinajstić information content (AvgIpc) is 3.06. The van der Waals surface area contributed by atoms with E-state index in [1.165, 1.54) is 0 Å². The van der Waals surface area contributed by atoms with Crippen LogP contribution in [0.2, 0.25) is 0 Å². The Bertz CT molecular complexity index is 611. The van der Waals surface area contributed by atoms with Crippen LogP contribution in [0.5, 0.6) is 0 Å². The van der Waals surface area contributed by atoms with Gasteiger partial charge in [0, 0.05) is 4.88 Å². The van der Waals surface area contributed by atoms with E-state index < -0.39 is 6.04 Å². The van der Waals surface area contributed by atoms with Gasteiger partial charge in [0.25, 0.3) is 0 Å². The first-order valence-corrected chi connectivity index (χ1v) is 8.70. The largest absolute Gasteiger partial charge is 0.349 e. The molecule has 2 aromatic rings. The van der Waals surface area contributed by atoms with Gasteiger partial charge in [0.15, 0.2) is 0 Å². The van der Waals surface area contributed by atoms with E-state index in [1.54, 1.807) is 11.3 Å². The van der Waals surface area contributed by atoms with Crippen molar-refractivity contribution in [3.63, 3.8) is 0 Å². The Labute approximate surface area is 140 Å². The van der Waals surface area contributed by atoms with Gasteiger partial charge in [-0.2, -0.15) is 0 Å². The van der Waals surface area contributed by atoms with Gasteiger partial charge < -0.3 is 10.6 Å². The molecule has 0 aliphatic heterocycles. The fourth-order valence-corrected chi connectivity index (χ4v) is 2.94. The molecule has 0 radical (unpaired) electrons. The fourth-order valence-electron chi connectivity index (χ4n) is 2.29. The smallest absolute Gasteiger partial charge is 0.242 e. The minimum atomic E-state index is -0.476. The predicted octanol–water partition coefficient (Wildman–Crippen LogP) is 2.89. The Balaban J connectivity index is 1.86. The van der Waals surface area contributed by atoms with Crippen LogP contribution < -0.4 is 10.6 Å². The minimum absolute atomic E-state index is 0.123. The van der Waals surface area contributed by atoms with Gasteiger partial charge in [0.05, 0.1) is 13.0 Å². The molecule has 1 atom stereocenters. The zero-order valence-corrected chi connectivity index (χ0v) is 14.1. The molecule has 4 nitrogen and oxygen atoms in total. The molecule has 1 aromatic carbocycles. The van der Waals surface area contributed by atoms with Crippen LogP contribution >= 0.6 is 11.3 Å². The van der Waals surface area contributed by atoms with Gasteiger partial charge in [0.2, 0.25) is 11.8 Å². The Hall–Kier alpha value is -2.14. The molecule has 0 saturated heterocycles. The molecule has 2 amide bonds. The molecule has 1 aromatic heterocycles. The third-order valence-electron chi connectivity index (χ3n) is 3.45. The zero-order chi connectivity index (χ0) is 16.5. The number of nitrogens with one attached hydrogen (secondary N) is 2. The van der Waals surface area contributed by atoms with Crippen molar-refractivity contribution in [1.82, 2.24) is 10.6 Å². The van der Waals surface area contributed by atoms with E-state index in [2.05, 4.69) is 10.6 Å². The number of thiophene rings is 1. The van der Waals surface area contributed by atoms with Crippen LogP contribution in [0, 0.1) is 0 Å². The first-order valence-electron chi connectivity index (χ1n) is 7.82. The Morgan fingerprint density at radius 1 is 1.13 bits per heavy atom. The second-order valence-electron chi connectivity index (χ2n) is 5.37. The molecule has 23 heavy (non-hydrogen) atoms. The molecule has 0 spiro atoms. The molecule has 2 N–H and O–H groups in total. The highest BCUT2D eigenvalue weighted by Gasteiger charge is 2.19. The quantitative estimate of drug-likeness (QED) is 0.782. The van der Waals surface area contributed by atoms with Crippen molar-refractivity contribution in [2.45, 2.75) is 38.8 Å². The lowest BCUT2D eigenvalue weighted by Crippen LogP contribution is -2.46. The maximum atomic E-state index is 12.3. The Morgan fingerprint density at radius 2 is 1.91 bits per heavy atom. The van der Waals surface area contributed by atoms with Crippen molar-refractivity contribution in [2.75, 3.05) is 0 Å². The summed E-state index contributed by atoms with van der Waals surface area (Å²) in [6.45, 7) is 2.51. The van der Waals surface area contributed by atoms with E-state index in [0.717, 1.165) is 16.9 Å². The lowest BCUT2D eigenvalue weighted by atomic mass is 10.1. The summed E-state index contributed by atoms with van der Waals surface area (Å²) in [6.07, 6.45) is 1.76.